The van der Waals surface area contributed by atoms with E-state index in [1.807, 2.05) is 0 Å². The molecule has 88 valence electrons. The van der Waals surface area contributed by atoms with E-state index in [0.717, 1.165) is 44.1 Å². The Bertz CT molecular complexity index is 354. The molecule has 1 fully saturated rings. The van der Waals surface area contributed by atoms with E-state index in [2.05, 4.69) is 10.8 Å². The SMILES string of the molecule is Fc1ccc(F)c(NOC2CCNCC2)c1. The summed E-state index contributed by atoms with van der Waals surface area (Å²) >= 11 is 0. The van der Waals surface area contributed by atoms with Gasteiger partial charge in [0.1, 0.15) is 11.6 Å². The van der Waals surface area contributed by atoms with E-state index in [1.165, 1.54) is 0 Å². The Kier molecular flexibility index (Phi) is 3.69. The number of rotatable bonds is 3. The zero-order valence-corrected chi connectivity index (χ0v) is 8.80. The van der Waals surface area contributed by atoms with Gasteiger partial charge in [0.25, 0.3) is 0 Å². The third-order valence-electron chi connectivity index (χ3n) is 2.55. The first kappa shape index (κ1) is 11.3. The highest BCUT2D eigenvalue weighted by atomic mass is 19.1. The van der Waals surface area contributed by atoms with E-state index in [-0.39, 0.29) is 11.8 Å². The van der Waals surface area contributed by atoms with Gasteiger partial charge >= 0.3 is 0 Å². The number of piperidine rings is 1. The van der Waals surface area contributed by atoms with Gasteiger partial charge in [-0.25, -0.2) is 8.78 Å². The van der Waals surface area contributed by atoms with Gasteiger partial charge in [0.15, 0.2) is 0 Å². The Morgan fingerprint density at radius 2 is 2.00 bits per heavy atom. The number of hydrogen-bond acceptors (Lipinski definition) is 3. The summed E-state index contributed by atoms with van der Waals surface area (Å²) in [6, 6.07) is 3.23. The summed E-state index contributed by atoms with van der Waals surface area (Å²) in [5.74, 6) is -1.01. The van der Waals surface area contributed by atoms with Gasteiger partial charge in [-0.15, -0.1) is 0 Å². The van der Waals surface area contributed by atoms with Gasteiger partial charge in [-0.2, -0.15) is 0 Å². The molecule has 1 aromatic rings. The maximum absolute atomic E-state index is 13.2. The lowest BCUT2D eigenvalue weighted by atomic mass is 10.1. The summed E-state index contributed by atoms with van der Waals surface area (Å²) in [6.45, 7) is 1.77. The second-order valence-corrected chi connectivity index (χ2v) is 3.79. The standard InChI is InChI=1S/C11H14F2N2O/c12-8-1-2-10(13)11(7-8)15-16-9-3-5-14-6-4-9/h1-2,7,9,14-15H,3-6H2. The van der Waals surface area contributed by atoms with Crippen molar-refractivity contribution in [1.82, 2.24) is 5.32 Å². The lowest BCUT2D eigenvalue weighted by Gasteiger charge is -2.23. The number of nitrogens with one attached hydrogen (secondary N) is 2. The van der Waals surface area contributed by atoms with Crippen molar-refractivity contribution in [1.29, 1.82) is 0 Å². The molecule has 5 heteroatoms. The molecule has 0 saturated carbocycles. The summed E-state index contributed by atoms with van der Waals surface area (Å²) < 4.78 is 26.0. The minimum atomic E-state index is -0.518. The molecule has 0 aliphatic carbocycles. The Balaban J connectivity index is 1.90. The lowest BCUT2D eigenvalue weighted by Crippen LogP contribution is -2.33. The molecule has 1 aromatic carbocycles. The monoisotopic (exact) mass is 228 g/mol. The molecule has 2 rings (SSSR count). The highest BCUT2D eigenvalue weighted by Crippen LogP contribution is 2.17. The number of hydrogen-bond donors (Lipinski definition) is 2. The van der Waals surface area contributed by atoms with Gasteiger partial charge in [-0.1, -0.05) is 0 Å². The van der Waals surface area contributed by atoms with Crippen LogP contribution in [-0.4, -0.2) is 19.2 Å². The van der Waals surface area contributed by atoms with Crippen molar-refractivity contribution in [2.24, 2.45) is 0 Å². The average molecular weight is 228 g/mol. The summed E-state index contributed by atoms with van der Waals surface area (Å²) in [6.07, 6.45) is 1.78. The fourth-order valence-corrected chi connectivity index (χ4v) is 1.64. The maximum Gasteiger partial charge on any atom is 0.148 e. The van der Waals surface area contributed by atoms with Crippen LogP contribution < -0.4 is 10.8 Å². The normalized spacial score (nSPS) is 17.4. The van der Waals surface area contributed by atoms with Crippen molar-refractivity contribution in [3.63, 3.8) is 0 Å². The highest BCUT2D eigenvalue weighted by Gasteiger charge is 2.14. The van der Waals surface area contributed by atoms with Gasteiger partial charge in [0.05, 0.1) is 11.8 Å². The summed E-state index contributed by atoms with van der Waals surface area (Å²) in [5, 5.41) is 3.19. The van der Waals surface area contributed by atoms with Crippen LogP contribution in [0.3, 0.4) is 0 Å². The fraction of sp³-hybridized carbons (Fsp3) is 0.455. The highest BCUT2D eigenvalue weighted by molar-refractivity contribution is 5.42. The van der Waals surface area contributed by atoms with Gasteiger partial charge < -0.3 is 5.32 Å². The second kappa shape index (κ2) is 5.23. The Hall–Kier alpha value is -1.20. The third-order valence-corrected chi connectivity index (χ3v) is 2.55. The summed E-state index contributed by atoms with van der Waals surface area (Å²) in [7, 11) is 0. The van der Waals surface area contributed by atoms with Gasteiger partial charge in [0.2, 0.25) is 0 Å². The zero-order valence-electron chi connectivity index (χ0n) is 8.80. The van der Waals surface area contributed by atoms with Crippen LogP contribution >= 0.6 is 0 Å². The van der Waals surface area contributed by atoms with Crippen LogP contribution in [-0.2, 0) is 4.84 Å². The van der Waals surface area contributed by atoms with E-state index in [0.29, 0.717) is 0 Å². The summed E-state index contributed by atoms with van der Waals surface area (Å²) in [4.78, 5) is 5.31. The van der Waals surface area contributed by atoms with Crippen molar-refractivity contribution in [3.8, 4) is 0 Å². The zero-order chi connectivity index (χ0) is 11.4. The van der Waals surface area contributed by atoms with Crippen LogP contribution in [0.4, 0.5) is 14.5 Å². The predicted octanol–water partition coefficient (Wildman–Crippen LogP) is 2.06. The predicted molar refractivity (Wildman–Crippen MR) is 57.0 cm³/mol. The molecule has 0 bridgehead atoms. The topological polar surface area (TPSA) is 33.3 Å². The van der Waals surface area contributed by atoms with Crippen molar-refractivity contribution < 1.29 is 13.6 Å². The van der Waals surface area contributed by atoms with Crippen molar-refractivity contribution in [2.75, 3.05) is 18.6 Å². The van der Waals surface area contributed by atoms with Crippen molar-refractivity contribution in [2.45, 2.75) is 18.9 Å². The van der Waals surface area contributed by atoms with E-state index in [9.17, 15) is 8.78 Å². The largest absolute Gasteiger partial charge is 0.317 e. The van der Waals surface area contributed by atoms with Crippen LogP contribution in [0, 0.1) is 11.6 Å². The maximum atomic E-state index is 13.2. The van der Waals surface area contributed by atoms with Crippen molar-refractivity contribution in [3.05, 3.63) is 29.8 Å². The number of halogens is 2. The Morgan fingerprint density at radius 3 is 2.75 bits per heavy atom. The van der Waals surface area contributed by atoms with Gasteiger partial charge in [0, 0.05) is 6.07 Å². The van der Waals surface area contributed by atoms with Crippen LogP contribution in [0.1, 0.15) is 12.8 Å². The van der Waals surface area contributed by atoms with E-state index in [4.69, 9.17) is 4.84 Å². The minimum Gasteiger partial charge on any atom is -0.317 e. The fourth-order valence-electron chi connectivity index (χ4n) is 1.64. The van der Waals surface area contributed by atoms with Crippen molar-refractivity contribution >= 4 is 5.69 Å². The second-order valence-electron chi connectivity index (χ2n) is 3.79. The smallest absolute Gasteiger partial charge is 0.148 e. The molecule has 0 amide bonds. The number of benzene rings is 1. The quantitative estimate of drug-likeness (QED) is 0.777. The lowest BCUT2D eigenvalue weighted by molar-refractivity contribution is 0.0733. The molecule has 16 heavy (non-hydrogen) atoms. The first-order chi connectivity index (χ1) is 7.75. The van der Waals surface area contributed by atoms with E-state index < -0.39 is 11.6 Å². The Labute approximate surface area is 92.7 Å². The van der Waals surface area contributed by atoms with Gasteiger partial charge in [-0.05, 0) is 38.1 Å². The minimum absolute atomic E-state index is 0.0403. The van der Waals surface area contributed by atoms with E-state index >= 15 is 0 Å². The molecular weight excluding hydrogens is 214 g/mol. The first-order valence-electron chi connectivity index (χ1n) is 5.33. The molecule has 1 aliphatic rings. The molecule has 0 spiro atoms. The molecule has 2 N–H and O–H groups in total. The third kappa shape index (κ3) is 2.90. The van der Waals surface area contributed by atoms with Crippen LogP contribution in [0.5, 0.6) is 0 Å². The summed E-state index contributed by atoms with van der Waals surface area (Å²) in [5.41, 5.74) is 2.52. The molecule has 0 unspecified atom stereocenters. The molecule has 0 radical (unpaired) electrons. The molecule has 1 heterocycles. The number of anilines is 1. The van der Waals surface area contributed by atoms with Crippen LogP contribution in [0.25, 0.3) is 0 Å². The molecule has 0 atom stereocenters. The molecular formula is C11H14F2N2O. The first-order valence-corrected chi connectivity index (χ1v) is 5.33. The molecule has 1 saturated heterocycles. The van der Waals surface area contributed by atoms with Crippen LogP contribution in [0.15, 0.2) is 18.2 Å². The molecule has 3 nitrogen and oxygen atoms in total. The molecule has 0 aromatic heterocycles. The molecule has 1 aliphatic heterocycles. The van der Waals surface area contributed by atoms with E-state index in [1.54, 1.807) is 0 Å². The van der Waals surface area contributed by atoms with Gasteiger partial charge in [-0.3, -0.25) is 10.3 Å². The average Bonchev–Trinajstić information content (AvgIpc) is 2.32. The Morgan fingerprint density at radius 1 is 1.25 bits per heavy atom. The van der Waals surface area contributed by atoms with Crippen LogP contribution in [0.2, 0.25) is 0 Å².